The molecule has 34 heavy (non-hydrogen) atoms. The summed E-state index contributed by atoms with van der Waals surface area (Å²) in [7, 11) is 0. The van der Waals surface area contributed by atoms with Gasteiger partial charge >= 0.3 is 0 Å². The molecule has 176 valence electrons. The summed E-state index contributed by atoms with van der Waals surface area (Å²) in [5, 5.41) is 2.82. The van der Waals surface area contributed by atoms with Gasteiger partial charge in [-0.15, -0.1) is 0 Å². The number of benzene rings is 3. The lowest BCUT2D eigenvalue weighted by Crippen LogP contribution is -2.41. The van der Waals surface area contributed by atoms with Crippen LogP contribution in [0.1, 0.15) is 18.1 Å². The number of carbonyl (C=O) groups is 2. The van der Waals surface area contributed by atoms with E-state index < -0.39 is 0 Å². The first-order valence-electron chi connectivity index (χ1n) is 11.3. The summed E-state index contributed by atoms with van der Waals surface area (Å²) < 4.78 is 17.0. The molecule has 1 aliphatic rings. The molecule has 7 heteroatoms. The fraction of sp³-hybridized carbons (Fsp3) is 0.259. The van der Waals surface area contributed by atoms with Crippen LogP contribution in [0.25, 0.3) is 0 Å². The zero-order chi connectivity index (χ0) is 23.9. The first-order valence-corrected chi connectivity index (χ1v) is 11.3. The van der Waals surface area contributed by atoms with Crippen molar-refractivity contribution in [3.63, 3.8) is 0 Å². The molecule has 1 N–H and O–H groups in total. The Balaban J connectivity index is 1.37. The van der Waals surface area contributed by atoms with Crippen LogP contribution in [-0.4, -0.2) is 38.2 Å². The number of hydrogen-bond acceptors (Lipinski definition) is 5. The van der Waals surface area contributed by atoms with Crippen molar-refractivity contribution in [1.82, 2.24) is 0 Å². The fourth-order valence-electron chi connectivity index (χ4n) is 3.62. The molecule has 0 saturated carbocycles. The predicted molar refractivity (Wildman–Crippen MR) is 131 cm³/mol. The number of carbonyl (C=O) groups excluding carboxylic acids is 2. The SMILES string of the molecule is CCc1cccc(OCC(=O)Nc2ccc3c(c2)N(CCOc2ccc(C)cc2)C(=O)CO3)c1. The van der Waals surface area contributed by atoms with E-state index in [-0.39, 0.29) is 25.0 Å². The molecular weight excluding hydrogens is 432 g/mol. The van der Waals surface area contributed by atoms with E-state index in [1.165, 1.54) is 0 Å². The van der Waals surface area contributed by atoms with E-state index in [2.05, 4.69) is 12.2 Å². The summed E-state index contributed by atoms with van der Waals surface area (Å²) in [6.07, 6.45) is 0.895. The number of amides is 2. The minimum Gasteiger partial charge on any atom is -0.492 e. The van der Waals surface area contributed by atoms with Crippen LogP contribution in [0.15, 0.2) is 66.7 Å². The van der Waals surface area contributed by atoms with E-state index >= 15 is 0 Å². The zero-order valence-electron chi connectivity index (χ0n) is 19.4. The molecule has 3 aromatic carbocycles. The minimum absolute atomic E-state index is 0.0338. The molecule has 0 bridgehead atoms. The number of anilines is 2. The van der Waals surface area contributed by atoms with Crippen molar-refractivity contribution >= 4 is 23.2 Å². The summed E-state index contributed by atoms with van der Waals surface area (Å²) in [4.78, 5) is 26.6. The maximum absolute atomic E-state index is 12.5. The summed E-state index contributed by atoms with van der Waals surface area (Å²) in [6, 6.07) is 20.6. The van der Waals surface area contributed by atoms with Crippen LogP contribution in [-0.2, 0) is 16.0 Å². The van der Waals surface area contributed by atoms with Crippen LogP contribution in [0.3, 0.4) is 0 Å². The third kappa shape index (κ3) is 5.86. The highest BCUT2D eigenvalue weighted by Gasteiger charge is 2.26. The maximum atomic E-state index is 12.5. The first-order chi connectivity index (χ1) is 16.5. The molecule has 7 nitrogen and oxygen atoms in total. The van der Waals surface area contributed by atoms with Gasteiger partial charge in [0.2, 0.25) is 0 Å². The van der Waals surface area contributed by atoms with Crippen molar-refractivity contribution in [3.05, 3.63) is 77.9 Å². The van der Waals surface area contributed by atoms with E-state index in [1.807, 2.05) is 55.5 Å². The number of rotatable bonds is 9. The number of nitrogens with one attached hydrogen (secondary N) is 1. The highest BCUT2D eigenvalue weighted by atomic mass is 16.5. The Hall–Kier alpha value is -4.00. The number of aryl methyl sites for hydroxylation is 2. The Morgan fingerprint density at radius 2 is 1.85 bits per heavy atom. The van der Waals surface area contributed by atoms with Crippen molar-refractivity contribution in [1.29, 1.82) is 0 Å². The van der Waals surface area contributed by atoms with Crippen molar-refractivity contribution in [2.45, 2.75) is 20.3 Å². The minimum atomic E-state index is -0.292. The zero-order valence-corrected chi connectivity index (χ0v) is 19.4. The average molecular weight is 461 g/mol. The predicted octanol–water partition coefficient (Wildman–Crippen LogP) is 4.38. The second kappa shape index (κ2) is 10.7. The Bertz CT molecular complexity index is 1160. The molecule has 0 aromatic heterocycles. The van der Waals surface area contributed by atoms with Gasteiger partial charge in [-0.05, 0) is 61.4 Å². The van der Waals surface area contributed by atoms with Gasteiger partial charge in [0.05, 0.1) is 12.2 Å². The lowest BCUT2D eigenvalue weighted by Gasteiger charge is -2.29. The second-order valence-corrected chi connectivity index (χ2v) is 8.02. The third-order valence-electron chi connectivity index (χ3n) is 5.47. The average Bonchev–Trinajstić information content (AvgIpc) is 2.85. The van der Waals surface area contributed by atoms with Gasteiger partial charge in [0.1, 0.15) is 23.9 Å². The molecule has 0 fully saturated rings. The van der Waals surface area contributed by atoms with Crippen molar-refractivity contribution in [2.75, 3.05) is 36.6 Å². The van der Waals surface area contributed by atoms with Gasteiger partial charge in [-0.1, -0.05) is 36.8 Å². The molecule has 1 aliphatic heterocycles. The van der Waals surface area contributed by atoms with Gasteiger partial charge in [-0.2, -0.15) is 0 Å². The molecule has 3 aromatic rings. The molecule has 0 aliphatic carbocycles. The van der Waals surface area contributed by atoms with Crippen LogP contribution in [0.5, 0.6) is 17.2 Å². The van der Waals surface area contributed by atoms with Gasteiger partial charge in [0, 0.05) is 5.69 Å². The molecule has 2 amide bonds. The third-order valence-corrected chi connectivity index (χ3v) is 5.47. The molecule has 0 saturated heterocycles. The smallest absolute Gasteiger partial charge is 0.265 e. The molecule has 0 unspecified atom stereocenters. The summed E-state index contributed by atoms with van der Waals surface area (Å²) in [6.45, 7) is 4.61. The summed E-state index contributed by atoms with van der Waals surface area (Å²) in [5.74, 6) is 1.53. The van der Waals surface area contributed by atoms with Gasteiger partial charge in [-0.25, -0.2) is 0 Å². The normalized spacial score (nSPS) is 12.5. The molecule has 0 radical (unpaired) electrons. The highest BCUT2D eigenvalue weighted by Crippen LogP contribution is 2.34. The lowest BCUT2D eigenvalue weighted by atomic mass is 10.2. The van der Waals surface area contributed by atoms with E-state index in [1.54, 1.807) is 23.1 Å². The van der Waals surface area contributed by atoms with E-state index in [0.29, 0.717) is 36.0 Å². The van der Waals surface area contributed by atoms with E-state index in [0.717, 1.165) is 23.3 Å². The molecule has 1 heterocycles. The second-order valence-electron chi connectivity index (χ2n) is 8.02. The first kappa shape index (κ1) is 23.2. The van der Waals surface area contributed by atoms with Gasteiger partial charge in [0.15, 0.2) is 13.2 Å². The van der Waals surface area contributed by atoms with Crippen molar-refractivity contribution in [2.24, 2.45) is 0 Å². The van der Waals surface area contributed by atoms with Crippen LogP contribution >= 0.6 is 0 Å². The number of nitrogens with zero attached hydrogens (tertiary/aromatic N) is 1. The Morgan fingerprint density at radius 3 is 2.65 bits per heavy atom. The topological polar surface area (TPSA) is 77.1 Å². The van der Waals surface area contributed by atoms with Crippen molar-refractivity contribution in [3.8, 4) is 17.2 Å². The van der Waals surface area contributed by atoms with E-state index in [4.69, 9.17) is 14.2 Å². The number of ether oxygens (including phenoxy) is 3. The number of hydrogen-bond donors (Lipinski definition) is 1. The Kier molecular flexibility index (Phi) is 7.32. The van der Waals surface area contributed by atoms with E-state index in [9.17, 15) is 9.59 Å². The Morgan fingerprint density at radius 1 is 1.03 bits per heavy atom. The molecular formula is C27H28N2O5. The van der Waals surface area contributed by atoms with Gasteiger partial charge in [-0.3, -0.25) is 9.59 Å². The summed E-state index contributed by atoms with van der Waals surface area (Å²) in [5.41, 5.74) is 3.44. The quantitative estimate of drug-likeness (QED) is 0.513. The maximum Gasteiger partial charge on any atom is 0.265 e. The molecule has 0 atom stereocenters. The van der Waals surface area contributed by atoms with Gasteiger partial charge in [0.25, 0.3) is 11.8 Å². The lowest BCUT2D eigenvalue weighted by molar-refractivity contribution is -0.121. The van der Waals surface area contributed by atoms with Crippen LogP contribution in [0.2, 0.25) is 0 Å². The number of fused-ring (bicyclic) bond motifs is 1. The Labute approximate surface area is 199 Å². The molecule has 4 rings (SSSR count). The van der Waals surface area contributed by atoms with Crippen LogP contribution in [0.4, 0.5) is 11.4 Å². The van der Waals surface area contributed by atoms with Crippen LogP contribution < -0.4 is 24.4 Å². The van der Waals surface area contributed by atoms with Crippen LogP contribution in [0, 0.1) is 6.92 Å². The fourth-order valence-corrected chi connectivity index (χ4v) is 3.62. The standard InChI is InChI=1S/C27H28N2O5/c1-3-20-5-4-6-23(15-20)33-17-26(30)28-21-9-12-25-24(16-21)29(27(31)18-34-25)13-14-32-22-10-7-19(2)8-11-22/h4-12,15-16H,3,13-14,17-18H2,1-2H3,(H,28,30). The monoisotopic (exact) mass is 460 g/mol. The molecule has 0 spiro atoms. The highest BCUT2D eigenvalue weighted by molar-refractivity contribution is 5.99. The van der Waals surface area contributed by atoms with Crippen molar-refractivity contribution < 1.29 is 23.8 Å². The van der Waals surface area contributed by atoms with Gasteiger partial charge < -0.3 is 24.4 Å². The summed E-state index contributed by atoms with van der Waals surface area (Å²) >= 11 is 0. The largest absolute Gasteiger partial charge is 0.492 e.